The summed E-state index contributed by atoms with van der Waals surface area (Å²) < 4.78 is 81.2. The average Bonchev–Trinajstić information content (AvgIpc) is 3.53. The first-order chi connectivity index (χ1) is 21.3. The Kier molecular flexibility index (Phi) is 7.92. The molecule has 45 heavy (non-hydrogen) atoms. The summed E-state index contributed by atoms with van der Waals surface area (Å²) in [5.74, 6) is 0.246. The SMILES string of the molecule is CC1(C)CC2COCCNc3cccc(n3)S(=O)(=O)NC(=O)c3ccc(-n4ccc(OCCC5(C(F)(F)F)CC5)n4)nc3N1C2. The third-order valence-corrected chi connectivity index (χ3v) is 9.77. The molecule has 3 aromatic rings. The number of carbonyl (C=O) groups excluding carboxylic acids is 1. The zero-order valence-electron chi connectivity index (χ0n) is 24.8. The summed E-state index contributed by atoms with van der Waals surface area (Å²) in [7, 11) is -4.34. The van der Waals surface area contributed by atoms with Crippen molar-refractivity contribution in [3.8, 4) is 11.7 Å². The first kappa shape index (κ1) is 31.1. The number of amides is 1. The van der Waals surface area contributed by atoms with Gasteiger partial charge in [-0.05, 0) is 63.8 Å². The van der Waals surface area contributed by atoms with Crippen LogP contribution < -0.4 is 19.7 Å². The van der Waals surface area contributed by atoms with Crippen molar-refractivity contribution in [3.63, 3.8) is 0 Å². The molecule has 3 aliphatic rings. The second-order valence-electron chi connectivity index (χ2n) is 12.3. The number of hydrogen-bond acceptors (Lipinski definition) is 10. The molecule has 4 bridgehead atoms. The van der Waals surface area contributed by atoms with Crippen molar-refractivity contribution < 1.29 is 35.9 Å². The molecule has 12 nitrogen and oxygen atoms in total. The van der Waals surface area contributed by atoms with Crippen molar-refractivity contribution in [2.24, 2.45) is 11.3 Å². The maximum atomic E-state index is 13.6. The molecule has 1 saturated heterocycles. The third kappa shape index (κ3) is 6.43. The van der Waals surface area contributed by atoms with E-state index in [0.717, 1.165) is 6.42 Å². The van der Waals surface area contributed by atoms with E-state index >= 15 is 0 Å². The van der Waals surface area contributed by atoms with Crippen LogP contribution in [0, 0.1) is 11.3 Å². The largest absolute Gasteiger partial charge is 0.477 e. The Morgan fingerprint density at radius 2 is 1.93 bits per heavy atom. The summed E-state index contributed by atoms with van der Waals surface area (Å²) in [6.45, 7) is 5.65. The quantitative estimate of drug-likeness (QED) is 0.418. The molecular formula is C29H34F3N7O5S. The van der Waals surface area contributed by atoms with Crippen LogP contribution in [0.2, 0.25) is 0 Å². The molecule has 0 spiro atoms. The second kappa shape index (κ2) is 11.5. The monoisotopic (exact) mass is 649 g/mol. The van der Waals surface area contributed by atoms with Crippen molar-refractivity contribution in [1.82, 2.24) is 24.5 Å². The van der Waals surface area contributed by atoms with Gasteiger partial charge in [-0.3, -0.25) is 4.79 Å². The highest BCUT2D eigenvalue weighted by Gasteiger charge is 2.62. The van der Waals surface area contributed by atoms with Crippen LogP contribution in [0.15, 0.2) is 47.6 Å². The number of hydrogen-bond donors (Lipinski definition) is 2. The van der Waals surface area contributed by atoms with Crippen LogP contribution in [0.4, 0.5) is 24.8 Å². The molecule has 2 fully saturated rings. The highest BCUT2D eigenvalue weighted by Crippen LogP contribution is 2.59. The molecule has 0 aromatic carbocycles. The van der Waals surface area contributed by atoms with E-state index in [0.29, 0.717) is 37.9 Å². The fourth-order valence-corrected chi connectivity index (χ4v) is 6.84. The Hall–Kier alpha value is -3.92. The fraction of sp³-hybridized carbons (Fsp3) is 0.517. The number of rotatable bonds is 5. The number of alkyl halides is 3. The number of aromatic nitrogens is 4. The van der Waals surface area contributed by atoms with Gasteiger partial charge in [0.05, 0.1) is 30.8 Å². The average molecular weight is 650 g/mol. The molecule has 1 atom stereocenters. The Bertz CT molecular complexity index is 1690. The Morgan fingerprint density at radius 3 is 2.69 bits per heavy atom. The first-order valence-corrected chi connectivity index (χ1v) is 16.1. The number of ether oxygens (including phenoxy) is 2. The van der Waals surface area contributed by atoms with Crippen LogP contribution in [0.25, 0.3) is 5.82 Å². The van der Waals surface area contributed by atoms with Crippen LogP contribution in [0.3, 0.4) is 0 Å². The summed E-state index contributed by atoms with van der Waals surface area (Å²) in [5.41, 5.74) is -2.11. The van der Waals surface area contributed by atoms with Crippen LogP contribution in [0.1, 0.15) is 49.9 Å². The van der Waals surface area contributed by atoms with Gasteiger partial charge in [0.1, 0.15) is 11.6 Å². The van der Waals surface area contributed by atoms with E-state index in [-0.39, 0.29) is 54.1 Å². The maximum absolute atomic E-state index is 13.6. The minimum Gasteiger partial charge on any atom is -0.477 e. The molecule has 16 heteroatoms. The molecule has 1 unspecified atom stereocenters. The Balaban J connectivity index is 1.30. The molecule has 1 aliphatic carbocycles. The molecular weight excluding hydrogens is 615 g/mol. The van der Waals surface area contributed by atoms with Crippen molar-refractivity contribution in [3.05, 3.63) is 48.2 Å². The number of sulfonamides is 1. The molecule has 5 heterocycles. The summed E-state index contributed by atoms with van der Waals surface area (Å²) >= 11 is 0. The predicted octanol–water partition coefficient (Wildman–Crippen LogP) is 3.94. The fourth-order valence-electron chi connectivity index (χ4n) is 5.90. The molecule has 6 rings (SSSR count). The topological polar surface area (TPSA) is 141 Å². The van der Waals surface area contributed by atoms with Gasteiger partial charge in [0.2, 0.25) is 5.88 Å². The van der Waals surface area contributed by atoms with Crippen LogP contribution >= 0.6 is 0 Å². The lowest BCUT2D eigenvalue weighted by Gasteiger charge is -2.33. The number of anilines is 2. The van der Waals surface area contributed by atoms with Crippen molar-refractivity contribution in [2.45, 2.75) is 56.3 Å². The lowest BCUT2D eigenvalue weighted by molar-refractivity contribution is -0.190. The minimum atomic E-state index is -4.34. The smallest absolute Gasteiger partial charge is 0.394 e. The number of carbonyl (C=O) groups is 1. The van der Waals surface area contributed by atoms with E-state index in [1.165, 1.54) is 35.0 Å². The molecule has 1 saturated carbocycles. The maximum Gasteiger partial charge on any atom is 0.394 e. The van der Waals surface area contributed by atoms with Crippen molar-refractivity contribution in [1.29, 1.82) is 0 Å². The zero-order valence-corrected chi connectivity index (χ0v) is 25.6. The molecule has 1 amide bonds. The van der Waals surface area contributed by atoms with Crippen LogP contribution in [0.5, 0.6) is 5.88 Å². The molecule has 2 aliphatic heterocycles. The van der Waals surface area contributed by atoms with Crippen LogP contribution in [-0.4, -0.2) is 78.7 Å². The lowest BCUT2D eigenvalue weighted by atomic mass is 9.96. The van der Waals surface area contributed by atoms with E-state index in [1.807, 2.05) is 18.7 Å². The van der Waals surface area contributed by atoms with E-state index in [2.05, 4.69) is 20.1 Å². The van der Waals surface area contributed by atoms with E-state index < -0.39 is 33.1 Å². The van der Waals surface area contributed by atoms with E-state index in [4.69, 9.17) is 14.5 Å². The Morgan fingerprint density at radius 1 is 1.13 bits per heavy atom. The number of fused-ring (bicyclic) bond motifs is 6. The number of nitrogens with zero attached hydrogens (tertiary/aromatic N) is 5. The second-order valence-corrected chi connectivity index (χ2v) is 13.9. The van der Waals surface area contributed by atoms with Gasteiger partial charge in [0.25, 0.3) is 15.9 Å². The molecule has 242 valence electrons. The summed E-state index contributed by atoms with van der Waals surface area (Å²) in [6, 6.07) is 8.95. The van der Waals surface area contributed by atoms with Crippen LogP contribution in [-0.2, 0) is 14.8 Å². The number of nitrogens with one attached hydrogen (secondary N) is 2. The van der Waals surface area contributed by atoms with Crippen molar-refractivity contribution >= 4 is 27.6 Å². The molecule has 2 N–H and O–H groups in total. The van der Waals surface area contributed by atoms with Gasteiger partial charge < -0.3 is 19.7 Å². The van der Waals surface area contributed by atoms with Crippen molar-refractivity contribution in [2.75, 3.05) is 43.1 Å². The van der Waals surface area contributed by atoms with Gasteiger partial charge in [-0.2, -0.15) is 21.6 Å². The Labute approximate surface area is 258 Å². The van der Waals surface area contributed by atoms with Gasteiger partial charge in [-0.25, -0.2) is 19.4 Å². The molecule has 0 radical (unpaired) electrons. The van der Waals surface area contributed by atoms with Gasteiger partial charge in [-0.1, -0.05) is 6.07 Å². The third-order valence-electron chi connectivity index (χ3n) is 8.54. The summed E-state index contributed by atoms with van der Waals surface area (Å²) in [6.07, 6.45) is -1.92. The highest BCUT2D eigenvalue weighted by molar-refractivity contribution is 7.90. The summed E-state index contributed by atoms with van der Waals surface area (Å²) in [5, 5.41) is 7.05. The van der Waals surface area contributed by atoms with Gasteiger partial charge in [0.15, 0.2) is 10.8 Å². The highest BCUT2D eigenvalue weighted by atomic mass is 32.2. The normalized spacial score (nSPS) is 22.2. The van der Waals surface area contributed by atoms with Gasteiger partial charge in [0, 0.05) is 36.8 Å². The van der Waals surface area contributed by atoms with E-state index in [9.17, 15) is 26.4 Å². The number of halogens is 3. The predicted molar refractivity (Wildman–Crippen MR) is 157 cm³/mol. The first-order valence-electron chi connectivity index (χ1n) is 14.7. The standard InChI is InChI=1S/C29H34F3N7O5S/c1-27(2)16-19-17-38(27)25-20(26(40)37-45(41,42)24-5-3-4-21(34-24)33-12-15-43-18-19)6-7-22(35-25)39-13-8-23(36-39)44-14-11-28(9-10-28)29(30,31)32/h3-8,13,19H,9-12,14-18H2,1-2H3,(H,33,34)(H,37,40). The molecule has 3 aromatic heterocycles. The van der Waals surface area contributed by atoms with Gasteiger partial charge >= 0.3 is 6.18 Å². The minimum absolute atomic E-state index is 0.0313. The summed E-state index contributed by atoms with van der Waals surface area (Å²) in [4.78, 5) is 24.4. The zero-order chi connectivity index (χ0) is 32.0. The van der Waals surface area contributed by atoms with E-state index in [1.54, 1.807) is 12.3 Å². The lowest BCUT2D eigenvalue weighted by Crippen LogP contribution is -2.41. The van der Waals surface area contributed by atoms with Gasteiger partial charge in [-0.15, -0.1) is 5.10 Å². The number of pyridine rings is 2.